The molecule has 1 N–H and O–H groups in total. The third-order valence-corrected chi connectivity index (χ3v) is 5.76. The summed E-state index contributed by atoms with van der Waals surface area (Å²) < 4.78 is 0. The Morgan fingerprint density at radius 2 is 1.97 bits per heavy atom. The minimum absolute atomic E-state index is 0.691. The molecule has 1 aromatic heterocycles. The fourth-order valence-electron chi connectivity index (χ4n) is 3.73. The van der Waals surface area contributed by atoms with Gasteiger partial charge in [0.15, 0.2) is 0 Å². The monoisotopic (exact) mass is 426 g/mol. The molecule has 2 aromatic rings. The van der Waals surface area contributed by atoms with E-state index < -0.39 is 0 Å². The molecule has 1 fully saturated rings. The van der Waals surface area contributed by atoms with Gasteiger partial charge >= 0.3 is 0 Å². The summed E-state index contributed by atoms with van der Waals surface area (Å²) in [5.74, 6) is 1.62. The Bertz CT molecular complexity index is 973. The summed E-state index contributed by atoms with van der Waals surface area (Å²) in [6.07, 6.45) is 0. The van der Waals surface area contributed by atoms with Crippen molar-refractivity contribution >= 4 is 45.4 Å². The summed E-state index contributed by atoms with van der Waals surface area (Å²) in [5, 5.41) is 6.07. The zero-order chi connectivity index (χ0) is 21.7. The average molecular weight is 427 g/mol. The average Bonchev–Trinajstić information content (AvgIpc) is 2.76. The Morgan fingerprint density at radius 1 is 1.23 bits per heavy atom. The molecule has 0 unspecified atom stereocenters. The van der Waals surface area contributed by atoms with E-state index in [1.807, 2.05) is 32.0 Å². The van der Waals surface area contributed by atoms with E-state index in [9.17, 15) is 0 Å². The van der Waals surface area contributed by atoms with Gasteiger partial charge in [-0.05, 0) is 37.9 Å². The molecule has 0 bridgehead atoms. The topological polar surface area (TPSA) is 56.1 Å². The largest absolute Gasteiger partial charge is 0.353 e. The third-order valence-electron chi connectivity index (χ3n) is 5.45. The molecule has 0 radical (unpaired) electrons. The number of aromatic nitrogens is 1. The number of aliphatic imine (C=N–C) groups is 2. The van der Waals surface area contributed by atoms with Crippen molar-refractivity contribution in [2.24, 2.45) is 9.98 Å². The smallest absolute Gasteiger partial charge is 0.146 e. The van der Waals surface area contributed by atoms with Crippen LogP contribution in [-0.4, -0.2) is 67.7 Å². The molecule has 0 atom stereocenters. The fraction of sp³-hybridized carbons (Fsp3) is 0.435. The van der Waals surface area contributed by atoms with Gasteiger partial charge in [-0.3, -0.25) is 9.98 Å². The third kappa shape index (κ3) is 4.82. The molecule has 0 saturated carbocycles. The van der Waals surface area contributed by atoms with Crippen LogP contribution in [0, 0.1) is 0 Å². The highest BCUT2D eigenvalue weighted by molar-refractivity contribution is 6.41. The van der Waals surface area contributed by atoms with Crippen LogP contribution < -0.4 is 10.2 Å². The van der Waals surface area contributed by atoms with Crippen molar-refractivity contribution in [1.29, 1.82) is 0 Å². The number of likely N-dealkylation sites (N-methyl/N-ethyl adjacent to an activating group) is 1. The first-order chi connectivity index (χ1) is 14.5. The SMILES string of the molecule is C=C(NC(=NC)C(C)=NCC)c1cc2cccc(Cl)c2c(N2CCN(CC)CC2)n1. The summed E-state index contributed by atoms with van der Waals surface area (Å²) in [4.78, 5) is 18.5. The molecule has 3 rings (SSSR count). The van der Waals surface area contributed by atoms with Gasteiger partial charge in [-0.2, -0.15) is 0 Å². The maximum absolute atomic E-state index is 6.60. The molecular formula is C23H31ClN6. The van der Waals surface area contributed by atoms with E-state index in [-0.39, 0.29) is 0 Å². The molecule has 0 spiro atoms. The Hall–Kier alpha value is -2.44. The lowest BCUT2D eigenvalue weighted by atomic mass is 10.1. The Kier molecular flexibility index (Phi) is 7.45. The first kappa shape index (κ1) is 22.2. The number of nitrogens with zero attached hydrogens (tertiary/aromatic N) is 5. The number of halogens is 1. The predicted molar refractivity (Wildman–Crippen MR) is 130 cm³/mol. The van der Waals surface area contributed by atoms with Gasteiger partial charge < -0.3 is 15.1 Å². The van der Waals surface area contributed by atoms with Crippen molar-refractivity contribution in [2.75, 3.05) is 51.2 Å². The first-order valence-corrected chi connectivity index (χ1v) is 10.9. The van der Waals surface area contributed by atoms with E-state index in [1.54, 1.807) is 7.05 Å². The lowest BCUT2D eigenvalue weighted by Gasteiger charge is -2.35. The molecule has 6 nitrogen and oxygen atoms in total. The van der Waals surface area contributed by atoms with E-state index in [4.69, 9.17) is 16.6 Å². The number of nitrogens with one attached hydrogen (secondary N) is 1. The van der Waals surface area contributed by atoms with Crippen LogP contribution in [-0.2, 0) is 0 Å². The zero-order valence-corrected chi connectivity index (χ0v) is 19.1. The highest BCUT2D eigenvalue weighted by Crippen LogP contribution is 2.33. The van der Waals surface area contributed by atoms with Crippen LogP contribution in [0.3, 0.4) is 0 Å². The molecule has 160 valence electrons. The van der Waals surface area contributed by atoms with Gasteiger partial charge in [0.05, 0.1) is 22.1 Å². The highest BCUT2D eigenvalue weighted by atomic mass is 35.5. The van der Waals surface area contributed by atoms with Crippen LogP contribution in [0.2, 0.25) is 5.02 Å². The van der Waals surface area contributed by atoms with Gasteiger partial charge in [0, 0.05) is 45.2 Å². The van der Waals surface area contributed by atoms with E-state index in [0.717, 1.165) is 65.7 Å². The minimum atomic E-state index is 0.691. The second-order valence-corrected chi connectivity index (χ2v) is 7.73. The maximum Gasteiger partial charge on any atom is 0.146 e. The van der Waals surface area contributed by atoms with Gasteiger partial charge in [-0.1, -0.05) is 37.2 Å². The van der Waals surface area contributed by atoms with Gasteiger partial charge in [0.2, 0.25) is 0 Å². The summed E-state index contributed by atoms with van der Waals surface area (Å²) in [7, 11) is 1.75. The van der Waals surface area contributed by atoms with E-state index in [1.165, 1.54) is 0 Å². The quantitative estimate of drug-likeness (QED) is 0.558. The van der Waals surface area contributed by atoms with Gasteiger partial charge in [0.25, 0.3) is 0 Å². The van der Waals surface area contributed by atoms with Crippen LogP contribution >= 0.6 is 11.6 Å². The zero-order valence-electron chi connectivity index (χ0n) is 18.4. The standard InChI is InChI=1S/C23H31ClN6/c1-6-26-17(4)22(25-5)27-16(3)20-15-18-9-8-10-19(24)21(18)23(28-20)30-13-11-29(7-2)12-14-30/h8-10,15H,3,6-7,11-14H2,1-2,4-5H3,(H,25,27). The molecule has 1 aromatic carbocycles. The number of benzene rings is 1. The van der Waals surface area contributed by atoms with Crippen molar-refractivity contribution in [3.05, 3.63) is 41.6 Å². The summed E-state index contributed by atoms with van der Waals surface area (Å²) >= 11 is 6.60. The number of fused-ring (bicyclic) bond motifs is 1. The van der Waals surface area contributed by atoms with Crippen molar-refractivity contribution in [3.63, 3.8) is 0 Å². The van der Waals surface area contributed by atoms with Crippen molar-refractivity contribution < 1.29 is 0 Å². The summed E-state index contributed by atoms with van der Waals surface area (Å²) in [5.41, 5.74) is 2.32. The Balaban J connectivity index is 1.98. The molecule has 30 heavy (non-hydrogen) atoms. The van der Waals surface area contributed by atoms with Crippen LogP contribution in [0.1, 0.15) is 26.5 Å². The number of pyridine rings is 1. The number of hydrogen-bond donors (Lipinski definition) is 1. The van der Waals surface area contributed by atoms with E-state index >= 15 is 0 Å². The second kappa shape index (κ2) is 10.0. The lowest BCUT2D eigenvalue weighted by molar-refractivity contribution is 0.271. The number of amidine groups is 1. The van der Waals surface area contributed by atoms with Gasteiger partial charge in [0.1, 0.15) is 11.7 Å². The van der Waals surface area contributed by atoms with Crippen molar-refractivity contribution in [2.45, 2.75) is 20.8 Å². The normalized spacial score (nSPS) is 16.2. The minimum Gasteiger partial charge on any atom is -0.353 e. The molecule has 0 aliphatic carbocycles. The summed E-state index contributed by atoms with van der Waals surface area (Å²) in [6.45, 7) is 16.0. The van der Waals surface area contributed by atoms with Crippen molar-refractivity contribution in [1.82, 2.24) is 15.2 Å². The fourth-order valence-corrected chi connectivity index (χ4v) is 4.00. The molecular weight excluding hydrogens is 396 g/mol. The highest BCUT2D eigenvalue weighted by Gasteiger charge is 2.21. The number of piperazine rings is 1. The Labute approximate surface area is 184 Å². The van der Waals surface area contributed by atoms with Crippen LogP contribution in [0.5, 0.6) is 0 Å². The van der Waals surface area contributed by atoms with Crippen LogP contribution in [0.4, 0.5) is 5.82 Å². The second-order valence-electron chi connectivity index (χ2n) is 7.33. The molecule has 1 aliphatic heterocycles. The van der Waals surface area contributed by atoms with E-state index in [2.05, 4.69) is 44.7 Å². The summed E-state index contributed by atoms with van der Waals surface area (Å²) in [6, 6.07) is 8.00. The predicted octanol–water partition coefficient (Wildman–Crippen LogP) is 4.10. The van der Waals surface area contributed by atoms with Gasteiger partial charge in [-0.25, -0.2) is 4.98 Å². The van der Waals surface area contributed by atoms with Crippen molar-refractivity contribution in [3.8, 4) is 0 Å². The maximum atomic E-state index is 6.60. The number of rotatable bonds is 6. The first-order valence-electron chi connectivity index (χ1n) is 10.5. The lowest BCUT2D eigenvalue weighted by Crippen LogP contribution is -2.46. The number of hydrogen-bond acceptors (Lipinski definition) is 5. The van der Waals surface area contributed by atoms with Crippen LogP contribution in [0.15, 0.2) is 40.8 Å². The van der Waals surface area contributed by atoms with E-state index in [0.29, 0.717) is 18.1 Å². The molecule has 7 heteroatoms. The van der Waals surface area contributed by atoms with Crippen LogP contribution in [0.25, 0.3) is 16.5 Å². The Morgan fingerprint density at radius 3 is 2.60 bits per heavy atom. The molecule has 0 amide bonds. The number of anilines is 1. The molecule has 1 saturated heterocycles. The molecule has 1 aliphatic rings. The molecule has 2 heterocycles. The van der Waals surface area contributed by atoms with Gasteiger partial charge in [-0.15, -0.1) is 0 Å².